The Morgan fingerprint density at radius 3 is 2.55 bits per heavy atom. The molecule has 1 amide bonds. The van der Waals surface area contributed by atoms with E-state index < -0.39 is 0 Å². The fourth-order valence-electron chi connectivity index (χ4n) is 3.15. The number of aryl methyl sites for hydroxylation is 1. The first-order chi connectivity index (χ1) is 14.2. The van der Waals surface area contributed by atoms with Crippen LogP contribution in [0.3, 0.4) is 0 Å². The minimum atomic E-state index is -0.0661. The Labute approximate surface area is 173 Å². The van der Waals surface area contributed by atoms with Crippen molar-refractivity contribution in [2.24, 2.45) is 0 Å². The summed E-state index contributed by atoms with van der Waals surface area (Å²) in [6, 6.07) is 20.0. The molecule has 2 heterocycles. The lowest BCUT2D eigenvalue weighted by molar-refractivity contribution is 0.0955. The van der Waals surface area contributed by atoms with Gasteiger partial charge in [0.25, 0.3) is 5.91 Å². The Hall–Kier alpha value is -2.96. The summed E-state index contributed by atoms with van der Waals surface area (Å²) in [6.07, 6.45) is 0. The van der Waals surface area contributed by atoms with E-state index in [2.05, 4.69) is 10.4 Å². The maximum Gasteiger partial charge on any atom is 0.261 e. The van der Waals surface area contributed by atoms with Crippen LogP contribution in [0.15, 0.2) is 60.7 Å². The summed E-state index contributed by atoms with van der Waals surface area (Å²) < 4.78 is 7.32. The van der Waals surface area contributed by atoms with Crippen molar-refractivity contribution < 1.29 is 9.53 Å². The second-order valence-electron chi connectivity index (χ2n) is 6.80. The van der Waals surface area contributed by atoms with Gasteiger partial charge >= 0.3 is 0 Å². The predicted octanol–water partition coefficient (Wildman–Crippen LogP) is 4.86. The zero-order chi connectivity index (χ0) is 20.2. The van der Waals surface area contributed by atoms with Crippen LogP contribution in [0.4, 0.5) is 0 Å². The van der Waals surface area contributed by atoms with E-state index in [1.807, 2.05) is 79.2 Å². The predicted molar refractivity (Wildman–Crippen MR) is 117 cm³/mol. The van der Waals surface area contributed by atoms with Gasteiger partial charge in [-0.1, -0.05) is 42.5 Å². The van der Waals surface area contributed by atoms with Crippen LogP contribution in [0.5, 0.6) is 0 Å². The molecule has 0 unspecified atom stereocenters. The van der Waals surface area contributed by atoms with Crippen LogP contribution < -0.4 is 5.32 Å². The van der Waals surface area contributed by atoms with Crippen LogP contribution in [-0.2, 0) is 17.9 Å². The van der Waals surface area contributed by atoms with Crippen LogP contribution in [0.2, 0.25) is 0 Å². The fraction of sp³-hybridized carbons (Fsp3) is 0.217. The number of ether oxygens (including phenoxy) is 1. The van der Waals surface area contributed by atoms with Crippen molar-refractivity contribution in [3.05, 3.63) is 82.4 Å². The minimum Gasteiger partial charge on any atom is -0.377 e. The number of para-hydroxylation sites is 1. The molecule has 0 fully saturated rings. The number of aromatic nitrogens is 2. The first kappa shape index (κ1) is 19.4. The molecule has 6 heteroatoms. The van der Waals surface area contributed by atoms with Crippen LogP contribution in [-0.4, -0.2) is 22.3 Å². The maximum atomic E-state index is 12.7. The van der Waals surface area contributed by atoms with Crippen molar-refractivity contribution in [3.8, 4) is 5.69 Å². The molecule has 2 aromatic carbocycles. The SMILES string of the molecule is CCOCc1ccc(CNC(=O)c2cc3c(C)nn(-c4ccccc4)c3s2)cc1. The monoisotopic (exact) mass is 405 g/mol. The molecule has 1 N–H and O–H groups in total. The normalized spacial score (nSPS) is 11.1. The number of hydrogen-bond acceptors (Lipinski definition) is 4. The van der Waals surface area contributed by atoms with E-state index >= 15 is 0 Å². The Morgan fingerprint density at radius 1 is 1.10 bits per heavy atom. The molecule has 5 nitrogen and oxygen atoms in total. The fourth-order valence-corrected chi connectivity index (χ4v) is 4.25. The molecule has 0 saturated heterocycles. The van der Waals surface area contributed by atoms with Gasteiger partial charge in [0, 0.05) is 18.5 Å². The minimum absolute atomic E-state index is 0.0661. The molecule has 148 valence electrons. The number of carbonyl (C=O) groups is 1. The molecule has 0 saturated carbocycles. The van der Waals surface area contributed by atoms with Gasteiger partial charge in [-0.25, -0.2) is 4.68 Å². The van der Waals surface area contributed by atoms with E-state index in [1.54, 1.807) is 0 Å². The molecule has 0 bridgehead atoms. The van der Waals surface area contributed by atoms with Crippen molar-refractivity contribution in [1.82, 2.24) is 15.1 Å². The number of benzene rings is 2. The van der Waals surface area contributed by atoms with Crippen molar-refractivity contribution >= 4 is 27.5 Å². The standard InChI is InChI=1S/C23H23N3O2S/c1-3-28-15-18-11-9-17(10-12-18)14-24-22(27)21-13-20-16(2)25-26(23(20)29-21)19-7-5-4-6-8-19/h4-13H,3,14-15H2,1-2H3,(H,24,27). The Kier molecular flexibility index (Phi) is 5.74. The molecule has 29 heavy (non-hydrogen) atoms. The number of amides is 1. The van der Waals surface area contributed by atoms with E-state index in [1.165, 1.54) is 11.3 Å². The third-order valence-corrected chi connectivity index (χ3v) is 5.83. The molecular formula is C23H23N3O2S. The van der Waals surface area contributed by atoms with Gasteiger partial charge in [-0.05, 0) is 43.2 Å². The van der Waals surface area contributed by atoms with Crippen LogP contribution >= 0.6 is 11.3 Å². The number of nitrogens with one attached hydrogen (secondary N) is 1. The van der Waals surface area contributed by atoms with Gasteiger partial charge < -0.3 is 10.1 Å². The number of thiophene rings is 1. The first-order valence-corrected chi connectivity index (χ1v) is 10.5. The van der Waals surface area contributed by atoms with E-state index in [0.717, 1.165) is 32.7 Å². The summed E-state index contributed by atoms with van der Waals surface area (Å²) in [7, 11) is 0. The molecule has 2 aromatic heterocycles. The molecule has 4 aromatic rings. The molecule has 0 spiro atoms. The zero-order valence-electron chi connectivity index (χ0n) is 16.5. The summed E-state index contributed by atoms with van der Waals surface area (Å²) in [6.45, 7) is 5.76. The Bertz CT molecular complexity index is 1110. The third kappa shape index (κ3) is 4.23. The lowest BCUT2D eigenvalue weighted by atomic mass is 10.1. The van der Waals surface area contributed by atoms with Crippen molar-refractivity contribution in [2.45, 2.75) is 27.0 Å². The molecule has 0 aliphatic carbocycles. The quantitative estimate of drug-likeness (QED) is 0.478. The third-order valence-electron chi connectivity index (χ3n) is 4.72. The highest BCUT2D eigenvalue weighted by Crippen LogP contribution is 2.30. The van der Waals surface area contributed by atoms with Crippen molar-refractivity contribution in [1.29, 1.82) is 0 Å². The van der Waals surface area contributed by atoms with Gasteiger partial charge in [0.15, 0.2) is 0 Å². The maximum absolute atomic E-state index is 12.7. The molecular weight excluding hydrogens is 382 g/mol. The molecule has 4 rings (SSSR count). The smallest absolute Gasteiger partial charge is 0.261 e. The van der Waals surface area contributed by atoms with Gasteiger partial charge in [-0.2, -0.15) is 5.10 Å². The number of fused-ring (bicyclic) bond motifs is 1. The highest BCUT2D eigenvalue weighted by atomic mass is 32.1. The average Bonchev–Trinajstić information content (AvgIpc) is 3.32. The average molecular weight is 406 g/mol. The summed E-state index contributed by atoms with van der Waals surface area (Å²) in [5.74, 6) is -0.0661. The summed E-state index contributed by atoms with van der Waals surface area (Å²) in [4.78, 5) is 14.4. The summed E-state index contributed by atoms with van der Waals surface area (Å²) >= 11 is 1.47. The number of hydrogen-bond donors (Lipinski definition) is 1. The lowest BCUT2D eigenvalue weighted by Crippen LogP contribution is -2.21. The van der Waals surface area contributed by atoms with E-state index in [0.29, 0.717) is 24.6 Å². The zero-order valence-corrected chi connectivity index (χ0v) is 17.3. The number of rotatable bonds is 7. The van der Waals surface area contributed by atoms with Crippen LogP contribution in [0, 0.1) is 6.92 Å². The first-order valence-electron chi connectivity index (χ1n) is 9.64. The largest absolute Gasteiger partial charge is 0.377 e. The Balaban J connectivity index is 1.48. The van der Waals surface area contributed by atoms with Gasteiger partial charge in [-0.3, -0.25) is 4.79 Å². The van der Waals surface area contributed by atoms with Crippen molar-refractivity contribution in [2.75, 3.05) is 6.61 Å². The molecule has 0 aliphatic heterocycles. The van der Waals surface area contributed by atoms with E-state index in [-0.39, 0.29) is 5.91 Å². The second kappa shape index (κ2) is 8.59. The van der Waals surface area contributed by atoms with Gasteiger partial charge in [0.1, 0.15) is 4.83 Å². The van der Waals surface area contributed by atoms with Crippen LogP contribution in [0.1, 0.15) is 33.4 Å². The Morgan fingerprint density at radius 2 is 1.83 bits per heavy atom. The highest BCUT2D eigenvalue weighted by molar-refractivity contribution is 7.20. The van der Waals surface area contributed by atoms with Gasteiger partial charge in [-0.15, -0.1) is 11.3 Å². The molecule has 0 atom stereocenters. The number of carbonyl (C=O) groups excluding carboxylic acids is 1. The lowest BCUT2D eigenvalue weighted by Gasteiger charge is -2.06. The van der Waals surface area contributed by atoms with Gasteiger partial charge in [0.05, 0.1) is 22.9 Å². The summed E-state index contributed by atoms with van der Waals surface area (Å²) in [5.41, 5.74) is 4.11. The van der Waals surface area contributed by atoms with Crippen LogP contribution in [0.25, 0.3) is 15.9 Å². The second-order valence-corrected chi connectivity index (χ2v) is 7.83. The van der Waals surface area contributed by atoms with Crippen molar-refractivity contribution in [3.63, 3.8) is 0 Å². The van der Waals surface area contributed by atoms with Gasteiger partial charge in [0.2, 0.25) is 0 Å². The topological polar surface area (TPSA) is 56.1 Å². The molecule has 0 aliphatic rings. The summed E-state index contributed by atoms with van der Waals surface area (Å²) in [5, 5.41) is 8.66. The highest BCUT2D eigenvalue weighted by Gasteiger charge is 2.17. The van der Waals surface area contributed by atoms with E-state index in [9.17, 15) is 4.79 Å². The van der Waals surface area contributed by atoms with E-state index in [4.69, 9.17) is 4.74 Å². The number of nitrogens with zero attached hydrogens (tertiary/aromatic N) is 2. The molecule has 0 radical (unpaired) electrons.